The van der Waals surface area contributed by atoms with E-state index in [2.05, 4.69) is 10.4 Å². The average Bonchev–Trinajstić information content (AvgIpc) is 2.46. The van der Waals surface area contributed by atoms with Crippen LogP contribution in [0.25, 0.3) is 5.57 Å². The molecule has 0 aliphatic rings. The number of hydrogen-bond donors (Lipinski definition) is 3. The molecule has 21 heavy (non-hydrogen) atoms. The molecule has 4 N–H and O–H groups in total. The number of hydrogen-bond acceptors (Lipinski definition) is 5. The highest BCUT2D eigenvalue weighted by Gasteiger charge is 2.06. The van der Waals surface area contributed by atoms with Gasteiger partial charge < -0.3 is 15.8 Å². The quantitative estimate of drug-likeness (QED) is 0.312. The summed E-state index contributed by atoms with van der Waals surface area (Å²) in [6.45, 7) is 4.99. The number of rotatable bonds is 7. The van der Waals surface area contributed by atoms with Gasteiger partial charge in [0.05, 0.1) is 5.70 Å². The molecule has 0 spiro atoms. The van der Waals surface area contributed by atoms with Crippen LogP contribution in [-0.4, -0.2) is 20.2 Å². The van der Waals surface area contributed by atoms with E-state index >= 15 is 0 Å². The van der Waals surface area contributed by atoms with E-state index in [1.807, 2.05) is 39.1 Å². The zero-order valence-electron chi connectivity index (χ0n) is 12.5. The van der Waals surface area contributed by atoms with Crippen LogP contribution in [0.2, 0.25) is 5.02 Å². The molecule has 1 rings (SSSR count). The van der Waals surface area contributed by atoms with Gasteiger partial charge in [0.15, 0.2) is 0 Å². The van der Waals surface area contributed by atoms with Crippen LogP contribution in [0.5, 0.6) is 0 Å². The number of benzene rings is 1. The van der Waals surface area contributed by atoms with Crippen molar-refractivity contribution in [1.29, 1.82) is 5.53 Å². The Morgan fingerprint density at radius 3 is 2.86 bits per heavy atom. The van der Waals surface area contributed by atoms with Gasteiger partial charge in [-0.3, -0.25) is 0 Å². The van der Waals surface area contributed by atoms with E-state index in [-0.39, 0.29) is 5.88 Å². The third kappa shape index (κ3) is 5.21. The molecule has 0 atom stereocenters. The van der Waals surface area contributed by atoms with Crippen molar-refractivity contribution in [2.75, 3.05) is 20.2 Å². The van der Waals surface area contributed by atoms with Gasteiger partial charge in [0.1, 0.15) is 6.61 Å². The van der Waals surface area contributed by atoms with Gasteiger partial charge in [-0.25, -0.2) is 5.53 Å². The highest BCUT2D eigenvalue weighted by molar-refractivity contribution is 6.30. The van der Waals surface area contributed by atoms with Gasteiger partial charge in [0.2, 0.25) is 0 Å². The van der Waals surface area contributed by atoms with Gasteiger partial charge in [-0.2, -0.15) is 0 Å². The predicted molar refractivity (Wildman–Crippen MR) is 86.1 cm³/mol. The second-order valence-electron chi connectivity index (χ2n) is 4.61. The average molecular weight is 309 g/mol. The highest BCUT2D eigenvalue weighted by atomic mass is 35.5. The Morgan fingerprint density at radius 1 is 1.52 bits per heavy atom. The molecule has 5 nitrogen and oxygen atoms in total. The van der Waals surface area contributed by atoms with Crippen molar-refractivity contribution < 1.29 is 4.74 Å². The summed E-state index contributed by atoms with van der Waals surface area (Å²) in [5.41, 5.74) is 16.4. The minimum atomic E-state index is 0.115. The molecule has 0 radical (unpaired) electrons. The Kier molecular flexibility index (Phi) is 6.91. The summed E-state index contributed by atoms with van der Waals surface area (Å²) in [4.78, 5) is 0. The van der Waals surface area contributed by atoms with Gasteiger partial charge in [-0.1, -0.05) is 17.7 Å². The summed E-state index contributed by atoms with van der Waals surface area (Å²) in [5, 5.41) is 6.94. The maximum atomic E-state index is 7.14. The zero-order chi connectivity index (χ0) is 15.8. The molecule has 114 valence electrons. The number of allylic oxidation sites excluding steroid dienone is 2. The summed E-state index contributed by atoms with van der Waals surface area (Å²) in [6.07, 6.45) is 1.74. The van der Waals surface area contributed by atoms with Crippen LogP contribution >= 0.6 is 11.6 Å². The van der Waals surface area contributed by atoms with Crippen molar-refractivity contribution >= 4 is 17.2 Å². The number of halogens is 1. The lowest BCUT2D eigenvalue weighted by molar-refractivity contribution is 0.205. The molecule has 0 amide bonds. The Bertz CT molecular complexity index is 567. The van der Waals surface area contributed by atoms with Crippen molar-refractivity contribution in [2.45, 2.75) is 13.8 Å². The normalized spacial score (nSPS) is 12.9. The summed E-state index contributed by atoms with van der Waals surface area (Å²) >= 11 is 6.02. The monoisotopic (exact) mass is 308 g/mol. The molecule has 0 heterocycles. The topological polar surface area (TPSA) is 83.5 Å². The first-order chi connectivity index (χ1) is 9.99. The van der Waals surface area contributed by atoms with E-state index in [4.69, 9.17) is 27.6 Å². The number of aryl methyl sites for hydroxylation is 1. The van der Waals surface area contributed by atoms with Gasteiger partial charge in [0, 0.05) is 11.6 Å². The molecule has 1 aromatic carbocycles. The largest absolute Gasteiger partial charge is 0.474 e. The Labute approximate surface area is 130 Å². The van der Waals surface area contributed by atoms with Crippen LogP contribution in [-0.2, 0) is 4.74 Å². The molecule has 1 aromatic rings. The number of nitrogens with two attached hydrogens (primary N) is 1. The second-order valence-corrected chi connectivity index (χ2v) is 5.05. The Morgan fingerprint density at radius 2 is 2.24 bits per heavy atom. The minimum Gasteiger partial charge on any atom is -0.474 e. The fourth-order valence-electron chi connectivity index (χ4n) is 1.82. The molecular formula is C15H21ClN4O. The Hall–Kier alpha value is -1.85. The van der Waals surface area contributed by atoms with Crippen LogP contribution in [0.15, 0.2) is 41.0 Å². The van der Waals surface area contributed by atoms with Crippen molar-refractivity contribution in [3.05, 3.63) is 52.0 Å². The van der Waals surface area contributed by atoms with Gasteiger partial charge >= 0.3 is 0 Å². The lowest BCUT2D eigenvalue weighted by atomic mass is 10.0. The smallest absolute Gasteiger partial charge is 0.256 e. The Balaban J connectivity index is 3.02. The summed E-state index contributed by atoms with van der Waals surface area (Å²) in [7, 11) is 1.82. The maximum absolute atomic E-state index is 7.14. The third-order valence-electron chi connectivity index (χ3n) is 2.94. The van der Waals surface area contributed by atoms with E-state index in [0.29, 0.717) is 23.9 Å². The summed E-state index contributed by atoms with van der Waals surface area (Å²) in [5.74, 6) is 0.115. The molecule has 0 aliphatic carbocycles. The molecule has 6 heteroatoms. The van der Waals surface area contributed by atoms with E-state index in [1.54, 1.807) is 6.08 Å². The first-order valence-corrected chi connectivity index (χ1v) is 6.96. The number of nitrogens with zero attached hydrogens (tertiary/aromatic N) is 1. The molecule has 0 bridgehead atoms. The van der Waals surface area contributed by atoms with Crippen LogP contribution in [0.1, 0.15) is 18.1 Å². The van der Waals surface area contributed by atoms with Crippen molar-refractivity contribution in [1.82, 2.24) is 5.32 Å². The number of likely N-dealkylation sites (N-methyl/N-ethyl adjacent to an activating group) is 1. The first-order valence-electron chi connectivity index (χ1n) is 6.59. The SMILES string of the molecule is CNCCO/C(N=N)=C(N)/C=C(\C)c1cc(Cl)ccc1C. The van der Waals surface area contributed by atoms with E-state index in [9.17, 15) is 0 Å². The fourth-order valence-corrected chi connectivity index (χ4v) is 1.99. The van der Waals surface area contributed by atoms with Crippen molar-refractivity contribution in [3.8, 4) is 0 Å². The van der Waals surface area contributed by atoms with Gasteiger partial charge in [-0.05, 0) is 55.8 Å². The fraction of sp³-hybridized carbons (Fsp3) is 0.333. The van der Waals surface area contributed by atoms with Gasteiger partial charge in [-0.15, -0.1) is 5.11 Å². The van der Waals surface area contributed by atoms with Crippen molar-refractivity contribution in [3.63, 3.8) is 0 Å². The van der Waals surface area contributed by atoms with Crippen molar-refractivity contribution in [2.24, 2.45) is 10.8 Å². The van der Waals surface area contributed by atoms with Crippen LogP contribution < -0.4 is 11.1 Å². The number of nitrogens with one attached hydrogen (secondary N) is 2. The predicted octanol–water partition coefficient (Wildman–Crippen LogP) is 3.45. The summed E-state index contributed by atoms with van der Waals surface area (Å²) < 4.78 is 5.35. The molecule has 0 fully saturated rings. The molecular weight excluding hydrogens is 288 g/mol. The van der Waals surface area contributed by atoms with E-state index in [1.165, 1.54) is 0 Å². The first kappa shape index (κ1) is 17.2. The third-order valence-corrected chi connectivity index (χ3v) is 3.17. The molecule has 0 saturated carbocycles. The number of ether oxygens (including phenoxy) is 1. The standard InChI is InChI=1S/C15H21ClN4O/c1-10-4-5-12(16)9-13(10)11(2)8-14(17)15(20-18)21-7-6-19-3/h4-5,8-9,18-19H,6-7,17H2,1-3H3/b11-8+,15-14-,20-18?. The van der Waals surface area contributed by atoms with E-state index in [0.717, 1.165) is 16.7 Å². The highest BCUT2D eigenvalue weighted by Crippen LogP contribution is 2.23. The van der Waals surface area contributed by atoms with Crippen LogP contribution in [0, 0.1) is 12.5 Å². The summed E-state index contributed by atoms with van der Waals surface area (Å²) in [6, 6.07) is 5.68. The lowest BCUT2D eigenvalue weighted by Gasteiger charge is -2.09. The second kappa shape index (κ2) is 8.44. The molecule has 0 aliphatic heterocycles. The van der Waals surface area contributed by atoms with Gasteiger partial charge in [0.25, 0.3) is 5.88 Å². The minimum absolute atomic E-state index is 0.115. The molecule has 0 saturated heterocycles. The van der Waals surface area contributed by atoms with Crippen LogP contribution in [0.4, 0.5) is 0 Å². The maximum Gasteiger partial charge on any atom is 0.256 e. The zero-order valence-corrected chi connectivity index (χ0v) is 13.3. The molecule has 0 aromatic heterocycles. The molecule has 0 unspecified atom stereocenters. The lowest BCUT2D eigenvalue weighted by Crippen LogP contribution is -2.15. The van der Waals surface area contributed by atoms with Crippen LogP contribution in [0.3, 0.4) is 0 Å². The van der Waals surface area contributed by atoms with E-state index < -0.39 is 0 Å².